The van der Waals surface area contributed by atoms with Crippen molar-refractivity contribution in [3.63, 3.8) is 0 Å². The van der Waals surface area contributed by atoms with E-state index < -0.39 is 0 Å². The summed E-state index contributed by atoms with van der Waals surface area (Å²) in [4.78, 5) is 12.0. The molecule has 0 aliphatic heterocycles. The van der Waals surface area contributed by atoms with Crippen LogP contribution in [0, 0.1) is 0 Å². The zero-order valence-corrected chi connectivity index (χ0v) is 16.8. The molecule has 3 rings (SSSR count). The minimum absolute atomic E-state index is 0.332. The second kappa shape index (κ2) is 9.60. The summed E-state index contributed by atoms with van der Waals surface area (Å²) in [6.45, 7) is 0.332. The van der Waals surface area contributed by atoms with Crippen molar-refractivity contribution in [1.82, 2.24) is 5.43 Å². The van der Waals surface area contributed by atoms with Crippen LogP contribution >= 0.6 is 34.8 Å². The summed E-state index contributed by atoms with van der Waals surface area (Å²) in [6.07, 6.45) is 1.54. The molecule has 3 aromatic rings. The van der Waals surface area contributed by atoms with Crippen molar-refractivity contribution in [1.29, 1.82) is 0 Å². The number of carbonyl (C=O) groups excluding carboxylic acids is 1. The Morgan fingerprint density at radius 2 is 1.71 bits per heavy atom. The van der Waals surface area contributed by atoms with E-state index in [2.05, 4.69) is 10.5 Å². The highest BCUT2D eigenvalue weighted by molar-refractivity contribution is 6.35. The molecule has 0 aliphatic rings. The van der Waals surface area contributed by atoms with Crippen molar-refractivity contribution < 1.29 is 9.53 Å². The second-order valence-corrected chi connectivity index (χ2v) is 7.08. The summed E-state index contributed by atoms with van der Waals surface area (Å²) < 4.78 is 5.73. The third-order valence-corrected chi connectivity index (χ3v) is 4.58. The Morgan fingerprint density at radius 3 is 2.43 bits per heavy atom. The predicted octanol–water partition coefficient (Wildman–Crippen LogP) is 5.99. The predicted molar refractivity (Wildman–Crippen MR) is 114 cm³/mol. The summed E-state index contributed by atoms with van der Waals surface area (Å²) in [5.41, 5.74) is 4.56. The number of amides is 1. The summed E-state index contributed by atoms with van der Waals surface area (Å²) >= 11 is 17.9. The van der Waals surface area contributed by atoms with E-state index in [9.17, 15) is 4.79 Å². The minimum Gasteiger partial charge on any atom is -0.489 e. The lowest BCUT2D eigenvalue weighted by atomic mass is 10.2. The van der Waals surface area contributed by atoms with Gasteiger partial charge >= 0.3 is 0 Å². The Hall–Kier alpha value is -2.53. The van der Waals surface area contributed by atoms with E-state index in [0.717, 1.165) is 11.1 Å². The molecular weight excluding hydrogens is 419 g/mol. The van der Waals surface area contributed by atoms with E-state index in [1.54, 1.807) is 42.6 Å². The first-order valence-corrected chi connectivity index (χ1v) is 9.40. The van der Waals surface area contributed by atoms with Gasteiger partial charge in [0, 0.05) is 26.2 Å². The third kappa shape index (κ3) is 5.73. The molecule has 1 amide bonds. The third-order valence-electron chi connectivity index (χ3n) is 3.76. The van der Waals surface area contributed by atoms with Gasteiger partial charge in [-0.1, -0.05) is 46.9 Å². The highest BCUT2D eigenvalue weighted by Crippen LogP contribution is 2.22. The van der Waals surface area contributed by atoms with E-state index >= 15 is 0 Å². The largest absolute Gasteiger partial charge is 0.489 e. The Kier molecular flexibility index (Phi) is 6.93. The fourth-order valence-electron chi connectivity index (χ4n) is 2.31. The van der Waals surface area contributed by atoms with Crippen LogP contribution in [0.25, 0.3) is 0 Å². The molecule has 3 aromatic carbocycles. The van der Waals surface area contributed by atoms with Crippen LogP contribution in [-0.4, -0.2) is 12.1 Å². The first-order valence-electron chi connectivity index (χ1n) is 8.27. The lowest BCUT2D eigenvalue weighted by Gasteiger charge is -2.08. The SMILES string of the molecule is O=C(N/N=C\c1ccc(OCc2ccc(Cl)cc2Cl)cc1)c1cccc(Cl)c1. The molecule has 0 heterocycles. The number of hydrogen-bond donors (Lipinski definition) is 1. The quantitative estimate of drug-likeness (QED) is 0.383. The van der Waals surface area contributed by atoms with E-state index in [4.69, 9.17) is 39.5 Å². The maximum absolute atomic E-state index is 12.0. The van der Waals surface area contributed by atoms with Crippen LogP contribution in [0.15, 0.2) is 71.8 Å². The normalized spacial score (nSPS) is 10.8. The minimum atomic E-state index is -0.335. The Morgan fingerprint density at radius 1 is 0.964 bits per heavy atom. The topological polar surface area (TPSA) is 50.7 Å². The number of hydrazone groups is 1. The zero-order valence-electron chi connectivity index (χ0n) is 14.5. The van der Waals surface area contributed by atoms with Gasteiger partial charge in [0.2, 0.25) is 0 Å². The Bertz CT molecular complexity index is 1000. The van der Waals surface area contributed by atoms with Crippen LogP contribution in [0.4, 0.5) is 0 Å². The van der Waals surface area contributed by atoms with Gasteiger partial charge in [0.25, 0.3) is 5.91 Å². The molecule has 0 radical (unpaired) electrons. The summed E-state index contributed by atoms with van der Waals surface area (Å²) in [5, 5.41) is 5.59. The van der Waals surface area contributed by atoms with E-state index in [1.807, 2.05) is 30.3 Å². The second-order valence-electron chi connectivity index (χ2n) is 5.80. The van der Waals surface area contributed by atoms with Crippen molar-refractivity contribution in [2.24, 2.45) is 5.10 Å². The van der Waals surface area contributed by atoms with E-state index in [1.165, 1.54) is 0 Å². The van der Waals surface area contributed by atoms with Crippen molar-refractivity contribution in [3.8, 4) is 5.75 Å². The van der Waals surface area contributed by atoms with Gasteiger partial charge in [-0.05, 0) is 60.2 Å². The van der Waals surface area contributed by atoms with Gasteiger partial charge in [0.1, 0.15) is 12.4 Å². The smallest absolute Gasteiger partial charge is 0.271 e. The molecule has 1 N–H and O–H groups in total. The Balaban J connectivity index is 1.53. The Labute approximate surface area is 177 Å². The van der Waals surface area contributed by atoms with Crippen molar-refractivity contribution >= 4 is 46.9 Å². The van der Waals surface area contributed by atoms with Crippen LogP contribution in [0.2, 0.25) is 15.1 Å². The summed E-state index contributed by atoms with van der Waals surface area (Å²) in [5.74, 6) is 0.352. The molecule has 0 unspecified atom stereocenters. The molecule has 0 atom stereocenters. The lowest BCUT2D eigenvalue weighted by molar-refractivity contribution is 0.0955. The first kappa shape index (κ1) is 20.2. The molecule has 0 fully saturated rings. The molecule has 4 nitrogen and oxygen atoms in total. The monoisotopic (exact) mass is 432 g/mol. The van der Waals surface area contributed by atoms with Crippen LogP contribution in [0.3, 0.4) is 0 Å². The molecule has 7 heteroatoms. The molecule has 0 aromatic heterocycles. The summed E-state index contributed by atoms with van der Waals surface area (Å²) in [7, 11) is 0. The van der Waals surface area contributed by atoms with Gasteiger partial charge in [0.15, 0.2) is 0 Å². The fraction of sp³-hybridized carbons (Fsp3) is 0.0476. The molecule has 28 heavy (non-hydrogen) atoms. The van der Waals surface area contributed by atoms with E-state index in [0.29, 0.717) is 33.0 Å². The number of rotatable bonds is 6. The van der Waals surface area contributed by atoms with Crippen molar-refractivity contribution in [2.75, 3.05) is 0 Å². The number of ether oxygens (including phenoxy) is 1. The average molecular weight is 434 g/mol. The van der Waals surface area contributed by atoms with Gasteiger partial charge in [0.05, 0.1) is 6.21 Å². The van der Waals surface area contributed by atoms with E-state index in [-0.39, 0.29) is 5.91 Å². The van der Waals surface area contributed by atoms with Gasteiger partial charge in [-0.2, -0.15) is 5.10 Å². The molecule has 0 spiro atoms. The van der Waals surface area contributed by atoms with Crippen LogP contribution in [-0.2, 0) is 6.61 Å². The molecule has 142 valence electrons. The number of benzene rings is 3. The highest BCUT2D eigenvalue weighted by atomic mass is 35.5. The first-order chi connectivity index (χ1) is 13.5. The van der Waals surface area contributed by atoms with Crippen LogP contribution < -0.4 is 10.2 Å². The van der Waals surface area contributed by atoms with Crippen LogP contribution in [0.1, 0.15) is 21.5 Å². The van der Waals surface area contributed by atoms with Gasteiger partial charge in [-0.15, -0.1) is 0 Å². The lowest BCUT2D eigenvalue weighted by Crippen LogP contribution is -2.17. The molecule has 0 aliphatic carbocycles. The van der Waals surface area contributed by atoms with Gasteiger partial charge < -0.3 is 4.74 Å². The number of halogens is 3. The zero-order chi connectivity index (χ0) is 19.9. The van der Waals surface area contributed by atoms with Gasteiger partial charge in [-0.25, -0.2) is 5.43 Å². The molecular formula is C21H15Cl3N2O2. The fourth-order valence-corrected chi connectivity index (χ4v) is 2.96. The standard InChI is InChI=1S/C21H15Cl3N2O2/c22-17-3-1-2-15(10-17)21(27)26-25-12-14-4-8-19(9-5-14)28-13-16-6-7-18(23)11-20(16)24/h1-12H,13H2,(H,26,27)/b25-12-. The number of nitrogens with zero attached hydrogens (tertiary/aromatic N) is 1. The molecule has 0 saturated carbocycles. The van der Waals surface area contributed by atoms with Crippen molar-refractivity contribution in [3.05, 3.63) is 98.5 Å². The average Bonchev–Trinajstić information content (AvgIpc) is 2.68. The van der Waals surface area contributed by atoms with Crippen molar-refractivity contribution in [2.45, 2.75) is 6.61 Å². The van der Waals surface area contributed by atoms with Crippen LogP contribution in [0.5, 0.6) is 5.75 Å². The maximum Gasteiger partial charge on any atom is 0.271 e. The van der Waals surface area contributed by atoms with Gasteiger partial charge in [-0.3, -0.25) is 4.79 Å². The summed E-state index contributed by atoms with van der Waals surface area (Å²) in [6, 6.07) is 19.2. The number of carbonyl (C=O) groups is 1. The number of nitrogens with one attached hydrogen (secondary N) is 1. The molecule has 0 saturated heterocycles. The number of hydrogen-bond acceptors (Lipinski definition) is 3. The molecule has 0 bridgehead atoms. The highest BCUT2D eigenvalue weighted by Gasteiger charge is 2.04. The maximum atomic E-state index is 12.0.